The number of benzene rings is 4. The van der Waals surface area contributed by atoms with Crippen molar-refractivity contribution in [1.82, 2.24) is 10.2 Å². The van der Waals surface area contributed by atoms with Gasteiger partial charge in [0.05, 0.1) is 17.7 Å². The monoisotopic (exact) mass is 661 g/mol. The molecule has 4 aromatic rings. The molecule has 0 saturated carbocycles. The Morgan fingerprint density at radius 3 is 2.11 bits per heavy atom. The van der Waals surface area contributed by atoms with Crippen molar-refractivity contribution in [3.63, 3.8) is 0 Å². The topological polar surface area (TPSA) is 96.0 Å². The molecule has 10 heteroatoms. The Morgan fingerprint density at radius 1 is 0.870 bits per heavy atom. The number of nitrogens with one attached hydrogen (secondary N) is 1. The van der Waals surface area contributed by atoms with Gasteiger partial charge in [0, 0.05) is 23.5 Å². The van der Waals surface area contributed by atoms with Gasteiger partial charge in [0.15, 0.2) is 0 Å². The molecule has 8 nitrogen and oxygen atoms in total. The molecule has 0 radical (unpaired) electrons. The number of anilines is 1. The number of amides is 2. The van der Waals surface area contributed by atoms with E-state index in [2.05, 4.69) is 5.32 Å². The van der Waals surface area contributed by atoms with E-state index in [-0.39, 0.29) is 29.5 Å². The molecule has 0 unspecified atom stereocenters. The molecule has 0 saturated heterocycles. The number of rotatable bonds is 12. The predicted octanol–water partition coefficient (Wildman–Crippen LogP) is 6.41. The maximum Gasteiger partial charge on any atom is 0.264 e. The Balaban J connectivity index is 1.81. The Kier molecular flexibility index (Phi) is 11.1. The summed E-state index contributed by atoms with van der Waals surface area (Å²) in [6, 6.07) is 28.4. The van der Waals surface area contributed by atoms with Crippen LogP contribution in [0.4, 0.5) is 5.69 Å². The quantitative estimate of drug-likeness (QED) is 0.189. The minimum atomic E-state index is -4.27. The van der Waals surface area contributed by atoms with E-state index in [4.69, 9.17) is 16.3 Å². The van der Waals surface area contributed by atoms with Crippen LogP contribution in [0.5, 0.6) is 5.75 Å². The van der Waals surface area contributed by atoms with E-state index in [1.54, 1.807) is 30.3 Å². The number of hydrogen-bond acceptors (Lipinski definition) is 5. The summed E-state index contributed by atoms with van der Waals surface area (Å²) in [5, 5.41) is 3.34. The smallest absolute Gasteiger partial charge is 0.264 e. The third kappa shape index (κ3) is 9.11. The average Bonchev–Trinajstić information content (AvgIpc) is 3.02. The highest BCUT2D eigenvalue weighted by Crippen LogP contribution is 2.28. The van der Waals surface area contributed by atoms with Crippen molar-refractivity contribution >= 4 is 39.1 Å². The molecule has 242 valence electrons. The summed E-state index contributed by atoms with van der Waals surface area (Å²) in [6.45, 7) is 7.10. The summed E-state index contributed by atoms with van der Waals surface area (Å²) in [4.78, 5) is 30.0. The van der Waals surface area contributed by atoms with Crippen LogP contribution >= 0.6 is 11.6 Å². The number of aryl methyl sites for hydroxylation is 1. The first-order valence-corrected chi connectivity index (χ1v) is 16.7. The highest BCUT2D eigenvalue weighted by molar-refractivity contribution is 7.92. The van der Waals surface area contributed by atoms with Crippen LogP contribution in [0.25, 0.3) is 0 Å². The van der Waals surface area contributed by atoms with Gasteiger partial charge >= 0.3 is 0 Å². The van der Waals surface area contributed by atoms with Crippen molar-refractivity contribution < 1.29 is 22.7 Å². The SMILES string of the molecule is COc1ccc(S(=O)(=O)N(CC(=O)N(Cc2ccc(C)cc2)[C@H](Cc2ccccc2)C(=O)NC(C)(C)C)c2cccc(Cl)c2)cc1. The number of sulfonamides is 1. The maximum atomic E-state index is 14.6. The van der Waals surface area contributed by atoms with Gasteiger partial charge in [-0.2, -0.15) is 0 Å². The molecule has 1 atom stereocenters. The second-order valence-corrected chi connectivity index (χ2v) is 14.4. The van der Waals surface area contributed by atoms with Crippen molar-refractivity contribution in [1.29, 1.82) is 0 Å². The second kappa shape index (κ2) is 14.8. The van der Waals surface area contributed by atoms with Crippen molar-refractivity contribution in [2.24, 2.45) is 0 Å². The Hall–Kier alpha value is -4.34. The molecule has 0 fully saturated rings. The Morgan fingerprint density at radius 2 is 1.52 bits per heavy atom. The van der Waals surface area contributed by atoms with E-state index in [0.717, 1.165) is 21.0 Å². The number of methoxy groups -OCH3 is 1. The van der Waals surface area contributed by atoms with Gasteiger partial charge in [0.25, 0.3) is 10.0 Å². The van der Waals surface area contributed by atoms with Crippen LogP contribution in [-0.4, -0.2) is 50.4 Å². The van der Waals surface area contributed by atoms with Crippen molar-refractivity contribution in [2.45, 2.75) is 57.1 Å². The number of hydrogen-bond donors (Lipinski definition) is 1. The van der Waals surface area contributed by atoms with Crippen LogP contribution in [0.1, 0.15) is 37.5 Å². The van der Waals surface area contributed by atoms with Crippen LogP contribution in [0.15, 0.2) is 108 Å². The van der Waals surface area contributed by atoms with Crippen LogP contribution in [0.3, 0.4) is 0 Å². The summed E-state index contributed by atoms with van der Waals surface area (Å²) in [5.41, 5.74) is 2.34. The zero-order valence-corrected chi connectivity index (χ0v) is 28.3. The zero-order chi connectivity index (χ0) is 33.5. The van der Waals surface area contributed by atoms with Crippen LogP contribution < -0.4 is 14.4 Å². The molecule has 0 aromatic heterocycles. The fraction of sp³-hybridized carbons (Fsp3) is 0.278. The van der Waals surface area contributed by atoms with Gasteiger partial charge in [-0.1, -0.05) is 77.8 Å². The number of ether oxygens (including phenoxy) is 1. The van der Waals surface area contributed by atoms with Crippen molar-refractivity contribution in [3.05, 3.63) is 125 Å². The summed E-state index contributed by atoms with van der Waals surface area (Å²) in [5.74, 6) is -0.408. The van der Waals surface area contributed by atoms with E-state index >= 15 is 0 Å². The molecule has 0 heterocycles. The third-order valence-corrected chi connectivity index (χ3v) is 9.29. The first-order chi connectivity index (χ1) is 21.8. The summed E-state index contributed by atoms with van der Waals surface area (Å²) in [7, 11) is -2.77. The molecule has 46 heavy (non-hydrogen) atoms. The Labute approximate surface area is 277 Å². The lowest BCUT2D eigenvalue weighted by Crippen LogP contribution is -2.56. The highest BCUT2D eigenvalue weighted by Gasteiger charge is 2.35. The lowest BCUT2D eigenvalue weighted by Gasteiger charge is -2.35. The summed E-state index contributed by atoms with van der Waals surface area (Å²) >= 11 is 6.30. The van der Waals surface area contributed by atoms with Crippen LogP contribution in [-0.2, 0) is 32.6 Å². The number of nitrogens with zero attached hydrogens (tertiary/aromatic N) is 2. The first-order valence-electron chi connectivity index (χ1n) is 14.9. The highest BCUT2D eigenvalue weighted by atomic mass is 35.5. The predicted molar refractivity (Wildman–Crippen MR) is 183 cm³/mol. The third-order valence-electron chi connectivity index (χ3n) is 7.27. The van der Waals surface area contributed by atoms with Crippen molar-refractivity contribution in [2.75, 3.05) is 18.0 Å². The van der Waals surface area contributed by atoms with Gasteiger partial charge in [-0.15, -0.1) is 0 Å². The minimum Gasteiger partial charge on any atom is -0.497 e. The molecule has 0 aliphatic heterocycles. The van der Waals surface area contributed by atoms with Gasteiger partial charge in [0.2, 0.25) is 11.8 Å². The van der Waals surface area contributed by atoms with E-state index in [0.29, 0.717) is 10.8 Å². The van der Waals surface area contributed by atoms with E-state index in [1.807, 2.05) is 82.3 Å². The number of halogens is 1. The minimum absolute atomic E-state index is 0.0301. The van der Waals surface area contributed by atoms with Crippen LogP contribution in [0.2, 0.25) is 5.02 Å². The van der Waals surface area contributed by atoms with Gasteiger partial charge in [-0.25, -0.2) is 8.42 Å². The lowest BCUT2D eigenvalue weighted by atomic mass is 10.0. The zero-order valence-electron chi connectivity index (χ0n) is 26.7. The van der Waals surface area contributed by atoms with E-state index in [1.165, 1.54) is 30.2 Å². The average molecular weight is 662 g/mol. The summed E-state index contributed by atoms with van der Waals surface area (Å²) < 4.78 is 34.6. The van der Waals surface area contributed by atoms with Gasteiger partial charge in [-0.3, -0.25) is 13.9 Å². The number of carbonyl (C=O) groups is 2. The largest absolute Gasteiger partial charge is 0.497 e. The fourth-order valence-corrected chi connectivity index (χ4v) is 6.52. The maximum absolute atomic E-state index is 14.6. The summed E-state index contributed by atoms with van der Waals surface area (Å²) in [6.07, 6.45) is 0.225. The molecular formula is C36H40ClN3O5S. The molecule has 0 aliphatic rings. The molecule has 0 bridgehead atoms. The molecule has 4 aromatic carbocycles. The molecule has 0 spiro atoms. The molecular weight excluding hydrogens is 622 g/mol. The normalized spacial score (nSPS) is 12.2. The van der Waals surface area contributed by atoms with Crippen molar-refractivity contribution in [3.8, 4) is 5.75 Å². The first kappa shape index (κ1) is 34.5. The lowest BCUT2D eigenvalue weighted by molar-refractivity contribution is -0.140. The van der Waals surface area contributed by atoms with Gasteiger partial charge in [-0.05, 0) is 81.3 Å². The Bertz CT molecular complexity index is 1740. The number of carbonyl (C=O) groups excluding carboxylic acids is 2. The van der Waals surface area contributed by atoms with Gasteiger partial charge < -0.3 is 15.0 Å². The molecule has 0 aliphatic carbocycles. The fourth-order valence-electron chi connectivity index (χ4n) is 4.93. The van der Waals surface area contributed by atoms with Gasteiger partial charge in [0.1, 0.15) is 18.3 Å². The molecule has 4 rings (SSSR count). The molecule has 1 N–H and O–H groups in total. The van der Waals surface area contributed by atoms with E-state index in [9.17, 15) is 18.0 Å². The van der Waals surface area contributed by atoms with Crippen LogP contribution in [0, 0.1) is 6.92 Å². The van der Waals surface area contributed by atoms with E-state index < -0.39 is 34.1 Å². The standard InChI is InChI=1S/C36H40ClN3O5S/c1-26-14-16-28(17-15-26)24-39(33(35(42)38-36(2,3)4)22-27-10-7-6-8-11-27)34(41)25-40(30-13-9-12-29(37)23-30)46(43,44)32-20-18-31(45-5)19-21-32/h6-21,23,33H,22,24-25H2,1-5H3,(H,38,42)/t33-/m1/s1. The molecule has 2 amide bonds. The second-order valence-electron chi connectivity index (χ2n) is 12.1.